The number of aliphatic hydroxyl groups excluding tert-OH is 1. The number of aromatic nitrogens is 1. The molecule has 2 N–H and O–H groups in total. The maximum absolute atomic E-state index is 12.3. The molecule has 3 rings (SSSR count). The van der Waals surface area contributed by atoms with Gasteiger partial charge >= 0.3 is 0 Å². The lowest BCUT2D eigenvalue weighted by molar-refractivity contribution is -0.126. The van der Waals surface area contributed by atoms with E-state index in [0.717, 1.165) is 36.6 Å². The van der Waals surface area contributed by atoms with Gasteiger partial charge in [0.15, 0.2) is 5.13 Å². The molecule has 1 unspecified atom stereocenters. The summed E-state index contributed by atoms with van der Waals surface area (Å²) in [5, 5.41) is 13.7. The molecule has 1 saturated heterocycles. The minimum absolute atomic E-state index is 0.0370. The van der Waals surface area contributed by atoms with Crippen molar-refractivity contribution in [3.63, 3.8) is 0 Å². The van der Waals surface area contributed by atoms with E-state index in [4.69, 9.17) is 4.98 Å². The molecule has 1 atom stereocenters. The van der Waals surface area contributed by atoms with Crippen molar-refractivity contribution in [1.82, 2.24) is 10.3 Å². The van der Waals surface area contributed by atoms with Crippen LogP contribution < -0.4 is 10.2 Å². The number of anilines is 1. The standard InChI is InChI=1S/C18H25N3O2S/c1-12(2)15(22)11-19-17(23)13-7-9-21(10-8-13)18-20-14-5-3-4-6-16(14)24-18/h3-6,12-13,15,22H,7-11H2,1-2H3,(H,19,23). The highest BCUT2D eigenvalue weighted by molar-refractivity contribution is 7.22. The Hall–Kier alpha value is -1.66. The van der Waals surface area contributed by atoms with Crippen molar-refractivity contribution in [1.29, 1.82) is 0 Å². The number of benzene rings is 1. The minimum atomic E-state index is -0.475. The van der Waals surface area contributed by atoms with Crippen LogP contribution >= 0.6 is 11.3 Å². The summed E-state index contributed by atoms with van der Waals surface area (Å²) in [5.41, 5.74) is 1.04. The van der Waals surface area contributed by atoms with E-state index in [0.29, 0.717) is 6.54 Å². The molecule has 1 aliphatic heterocycles. The molecule has 0 saturated carbocycles. The topological polar surface area (TPSA) is 65.5 Å². The second kappa shape index (κ2) is 7.49. The number of thiazole rings is 1. The molecule has 0 radical (unpaired) electrons. The first-order valence-electron chi connectivity index (χ1n) is 8.61. The van der Waals surface area contributed by atoms with Crippen LogP contribution in [0.1, 0.15) is 26.7 Å². The van der Waals surface area contributed by atoms with Crippen LogP contribution in [0.3, 0.4) is 0 Å². The Labute approximate surface area is 146 Å². The van der Waals surface area contributed by atoms with E-state index in [1.54, 1.807) is 11.3 Å². The molecule has 0 spiro atoms. The molecule has 5 nitrogen and oxygen atoms in total. The molecule has 6 heteroatoms. The number of carbonyl (C=O) groups is 1. The average Bonchev–Trinajstić information content (AvgIpc) is 3.03. The van der Waals surface area contributed by atoms with Crippen LogP contribution in [0.15, 0.2) is 24.3 Å². The summed E-state index contributed by atoms with van der Waals surface area (Å²) in [6.07, 6.45) is 1.19. The van der Waals surface area contributed by atoms with E-state index in [1.807, 2.05) is 32.0 Å². The van der Waals surface area contributed by atoms with Gasteiger partial charge in [-0.3, -0.25) is 4.79 Å². The van der Waals surface area contributed by atoms with Crippen LogP contribution in [0.2, 0.25) is 0 Å². The fourth-order valence-corrected chi connectivity index (χ4v) is 3.93. The third-order valence-electron chi connectivity index (χ3n) is 4.67. The van der Waals surface area contributed by atoms with Gasteiger partial charge in [0.25, 0.3) is 0 Å². The maximum atomic E-state index is 12.3. The van der Waals surface area contributed by atoms with Gasteiger partial charge in [0.05, 0.1) is 16.3 Å². The molecule has 2 heterocycles. The van der Waals surface area contributed by atoms with Gasteiger partial charge in [-0.1, -0.05) is 37.3 Å². The van der Waals surface area contributed by atoms with Crippen molar-refractivity contribution in [2.24, 2.45) is 11.8 Å². The number of piperidine rings is 1. The molecule has 1 amide bonds. The zero-order chi connectivity index (χ0) is 17.1. The monoisotopic (exact) mass is 347 g/mol. The van der Waals surface area contributed by atoms with Crippen molar-refractivity contribution in [3.8, 4) is 0 Å². The first-order valence-corrected chi connectivity index (χ1v) is 9.42. The highest BCUT2D eigenvalue weighted by Gasteiger charge is 2.26. The average molecular weight is 347 g/mol. The van der Waals surface area contributed by atoms with E-state index in [1.165, 1.54) is 4.70 Å². The molecule has 1 aliphatic rings. The van der Waals surface area contributed by atoms with E-state index in [2.05, 4.69) is 16.3 Å². The minimum Gasteiger partial charge on any atom is -0.391 e. The summed E-state index contributed by atoms with van der Waals surface area (Å²) in [6, 6.07) is 8.17. The number of hydrogen-bond donors (Lipinski definition) is 2. The molecular weight excluding hydrogens is 322 g/mol. The van der Waals surface area contributed by atoms with Gasteiger partial charge < -0.3 is 15.3 Å². The lowest BCUT2D eigenvalue weighted by Gasteiger charge is -2.31. The highest BCUT2D eigenvalue weighted by Crippen LogP contribution is 2.31. The van der Waals surface area contributed by atoms with E-state index >= 15 is 0 Å². The molecule has 1 aromatic heterocycles. The zero-order valence-corrected chi connectivity index (χ0v) is 15.1. The predicted octanol–water partition coefficient (Wildman–Crippen LogP) is 2.65. The quantitative estimate of drug-likeness (QED) is 0.873. The third-order valence-corrected chi connectivity index (χ3v) is 5.77. The fraction of sp³-hybridized carbons (Fsp3) is 0.556. The number of amides is 1. The van der Waals surface area contributed by atoms with Gasteiger partial charge in [0.1, 0.15) is 0 Å². The molecular formula is C18H25N3O2S. The van der Waals surface area contributed by atoms with Crippen LogP contribution in [0.4, 0.5) is 5.13 Å². The Morgan fingerprint density at radius 2 is 2.08 bits per heavy atom. The summed E-state index contributed by atoms with van der Waals surface area (Å²) < 4.78 is 1.20. The molecule has 1 aromatic carbocycles. The van der Waals surface area contributed by atoms with Crippen molar-refractivity contribution in [2.45, 2.75) is 32.8 Å². The maximum Gasteiger partial charge on any atom is 0.223 e. The van der Waals surface area contributed by atoms with Crippen LogP contribution in [-0.4, -0.2) is 41.7 Å². The van der Waals surface area contributed by atoms with E-state index in [9.17, 15) is 9.90 Å². The fourth-order valence-electron chi connectivity index (χ4n) is 2.91. The van der Waals surface area contributed by atoms with Crippen molar-refractivity contribution < 1.29 is 9.90 Å². The van der Waals surface area contributed by atoms with Crippen molar-refractivity contribution in [3.05, 3.63) is 24.3 Å². The largest absolute Gasteiger partial charge is 0.391 e. The van der Waals surface area contributed by atoms with Gasteiger partial charge in [-0.2, -0.15) is 0 Å². The second-order valence-corrected chi connectivity index (χ2v) is 7.79. The Balaban J connectivity index is 1.52. The summed E-state index contributed by atoms with van der Waals surface area (Å²) in [5.74, 6) is 0.264. The van der Waals surface area contributed by atoms with Crippen LogP contribution in [0.5, 0.6) is 0 Å². The Morgan fingerprint density at radius 1 is 1.38 bits per heavy atom. The Bertz CT molecular complexity index is 659. The lowest BCUT2D eigenvalue weighted by atomic mass is 9.96. The normalized spacial score (nSPS) is 17.4. The Morgan fingerprint density at radius 3 is 2.75 bits per heavy atom. The molecule has 130 valence electrons. The van der Waals surface area contributed by atoms with Crippen molar-refractivity contribution in [2.75, 3.05) is 24.5 Å². The van der Waals surface area contributed by atoms with Gasteiger partial charge in [-0.05, 0) is 30.9 Å². The number of carbonyl (C=O) groups excluding carboxylic acids is 1. The van der Waals surface area contributed by atoms with E-state index < -0.39 is 6.10 Å². The van der Waals surface area contributed by atoms with Crippen LogP contribution in [0.25, 0.3) is 10.2 Å². The second-order valence-electron chi connectivity index (χ2n) is 6.78. The summed E-state index contributed by atoms with van der Waals surface area (Å²) in [6.45, 7) is 5.95. The van der Waals surface area contributed by atoms with Gasteiger partial charge in [-0.25, -0.2) is 4.98 Å². The number of fused-ring (bicyclic) bond motifs is 1. The molecule has 0 bridgehead atoms. The Kier molecular flexibility index (Phi) is 5.36. The highest BCUT2D eigenvalue weighted by atomic mass is 32.1. The SMILES string of the molecule is CC(C)C(O)CNC(=O)C1CCN(c2nc3ccccc3s2)CC1. The molecule has 24 heavy (non-hydrogen) atoms. The smallest absolute Gasteiger partial charge is 0.223 e. The summed E-state index contributed by atoms with van der Waals surface area (Å²) >= 11 is 1.71. The number of nitrogens with one attached hydrogen (secondary N) is 1. The van der Waals surface area contributed by atoms with Crippen LogP contribution in [0, 0.1) is 11.8 Å². The number of rotatable bonds is 5. The predicted molar refractivity (Wildman–Crippen MR) is 98.4 cm³/mol. The first kappa shape index (κ1) is 17.2. The number of aliphatic hydroxyl groups is 1. The summed E-state index contributed by atoms with van der Waals surface area (Å²) in [4.78, 5) is 19.2. The molecule has 1 fully saturated rings. The zero-order valence-electron chi connectivity index (χ0n) is 14.2. The molecule has 2 aromatic rings. The summed E-state index contributed by atoms with van der Waals surface area (Å²) in [7, 11) is 0. The van der Waals surface area contributed by atoms with Gasteiger partial charge in [0, 0.05) is 25.6 Å². The molecule has 0 aliphatic carbocycles. The van der Waals surface area contributed by atoms with E-state index in [-0.39, 0.29) is 17.7 Å². The lowest BCUT2D eigenvalue weighted by Crippen LogP contribution is -2.43. The first-order chi connectivity index (χ1) is 11.5. The number of hydrogen-bond acceptors (Lipinski definition) is 5. The third kappa shape index (κ3) is 3.87. The van der Waals surface area contributed by atoms with Crippen molar-refractivity contribution >= 4 is 32.6 Å². The van der Waals surface area contributed by atoms with Gasteiger partial charge in [0.2, 0.25) is 5.91 Å². The van der Waals surface area contributed by atoms with Crippen LogP contribution in [-0.2, 0) is 4.79 Å². The number of para-hydroxylation sites is 1. The number of nitrogens with zero attached hydrogens (tertiary/aromatic N) is 2. The van der Waals surface area contributed by atoms with Gasteiger partial charge in [-0.15, -0.1) is 0 Å².